The van der Waals surface area contributed by atoms with Gasteiger partial charge in [-0.2, -0.15) is 0 Å². The van der Waals surface area contributed by atoms with Gasteiger partial charge < -0.3 is 8.83 Å². The molecule has 0 amide bonds. The highest BCUT2D eigenvalue weighted by atomic mass is 16.3. The Morgan fingerprint density at radius 1 is 0.304 bits per heavy atom. The van der Waals surface area contributed by atoms with Gasteiger partial charge in [-0.05, 0) is 82.1 Å². The number of benzene rings is 8. The first-order valence-electron chi connectivity index (χ1n) is 18.5. The highest BCUT2D eigenvalue weighted by Crippen LogP contribution is 2.39. The molecule has 8 aromatic carbocycles. The van der Waals surface area contributed by atoms with E-state index in [1.165, 1.54) is 11.1 Å². The summed E-state index contributed by atoms with van der Waals surface area (Å²) in [6, 6.07) is 61.9. The topological polar surface area (TPSA) is 77.8 Å². The molecule has 11 aromatic rings. The second-order valence-electron chi connectivity index (χ2n) is 13.9. The van der Waals surface area contributed by atoms with Crippen LogP contribution in [0.2, 0.25) is 0 Å². The molecule has 0 fully saturated rings. The molecule has 0 N–H and O–H groups in total. The largest absolute Gasteiger partial charge is 0.456 e. The molecule has 0 aliphatic rings. The summed E-state index contributed by atoms with van der Waals surface area (Å²) >= 11 is 0. The number of furan rings is 1. The minimum atomic E-state index is 0.527. The van der Waals surface area contributed by atoms with Crippen LogP contribution < -0.4 is 0 Å². The number of aromatic nitrogens is 4. The standard InChI is InChI=1S/C50H30N4O2/c1-4-12-31(13-5-1)34-20-21-36-27-38(23-22-35(36)26-34)48-52-47(32-14-6-2-7-15-32)53-49(54-48)39-28-42(46-45(30-39)56-50(51-46)33-16-8-3-9-17-33)37-24-25-41-40-18-10-11-19-43(40)55-44(41)29-37/h1-30H. The van der Waals surface area contributed by atoms with E-state index in [9.17, 15) is 0 Å². The van der Waals surface area contributed by atoms with Crippen LogP contribution in [0.3, 0.4) is 0 Å². The second-order valence-corrected chi connectivity index (χ2v) is 13.9. The van der Waals surface area contributed by atoms with E-state index in [2.05, 4.69) is 91.0 Å². The number of fused-ring (bicyclic) bond motifs is 5. The Hall–Kier alpha value is -7.70. The molecule has 56 heavy (non-hydrogen) atoms. The molecular weight excluding hydrogens is 689 g/mol. The Balaban J connectivity index is 1.10. The monoisotopic (exact) mass is 718 g/mol. The molecular formula is C50H30N4O2. The van der Waals surface area contributed by atoms with E-state index in [0.717, 1.165) is 71.6 Å². The van der Waals surface area contributed by atoms with Crippen LogP contribution in [-0.2, 0) is 0 Å². The number of para-hydroxylation sites is 1. The van der Waals surface area contributed by atoms with Gasteiger partial charge in [0.1, 0.15) is 16.7 Å². The van der Waals surface area contributed by atoms with E-state index >= 15 is 0 Å². The van der Waals surface area contributed by atoms with Crippen LogP contribution in [0, 0.1) is 0 Å². The third kappa shape index (κ3) is 5.60. The Kier molecular flexibility index (Phi) is 7.38. The minimum Gasteiger partial charge on any atom is -0.456 e. The molecule has 0 unspecified atom stereocenters. The smallest absolute Gasteiger partial charge is 0.227 e. The fourth-order valence-electron chi connectivity index (χ4n) is 7.52. The van der Waals surface area contributed by atoms with Crippen molar-refractivity contribution >= 4 is 43.8 Å². The number of rotatable bonds is 6. The van der Waals surface area contributed by atoms with Crippen LogP contribution in [0.15, 0.2) is 191 Å². The molecule has 3 aromatic heterocycles. The van der Waals surface area contributed by atoms with Crippen LogP contribution in [-0.4, -0.2) is 19.9 Å². The first-order chi connectivity index (χ1) is 27.7. The van der Waals surface area contributed by atoms with E-state index in [1.807, 2.05) is 91.0 Å². The van der Waals surface area contributed by atoms with Gasteiger partial charge in [-0.3, -0.25) is 0 Å². The summed E-state index contributed by atoms with van der Waals surface area (Å²) in [6.07, 6.45) is 0. The summed E-state index contributed by atoms with van der Waals surface area (Å²) in [7, 11) is 0. The van der Waals surface area contributed by atoms with Gasteiger partial charge in [-0.1, -0.05) is 127 Å². The Morgan fingerprint density at radius 2 is 0.857 bits per heavy atom. The number of oxazole rings is 1. The number of nitrogens with zero attached hydrogens (tertiary/aromatic N) is 4. The average Bonchev–Trinajstić information content (AvgIpc) is 3.88. The Labute approximate surface area is 321 Å². The van der Waals surface area contributed by atoms with E-state index in [4.69, 9.17) is 28.8 Å². The van der Waals surface area contributed by atoms with Crippen molar-refractivity contribution in [2.24, 2.45) is 0 Å². The first kappa shape index (κ1) is 31.8. The predicted molar refractivity (Wildman–Crippen MR) is 225 cm³/mol. The van der Waals surface area contributed by atoms with Crippen LogP contribution in [0.1, 0.15) is 0 Å². The van der Waals surface area contributed by atoms with E-state index < -0.39 is 0 Å². The number of hydrogen-bond acceptors (Lipinski definition) is 6. The Bertz CT molecular complexity index is 3240. The minimum absolute atomic E-state index is 0.527. The molecule has 11 rings (SSSR count). The summed E-state index contributed by atoms with van der Waals surface area (Å²) in [5.41, 5.74) is 10.7. The lowest BCUT2D eigenvalue weighted by molar-refractivity contribution is 0.620. The molecule has 0 aliphatic carbocycles. The van der Waals surface area contributed by atoms with Crippen LogP contribution in [0.4, 0.5) is 0 Å². The fourth-order valence-corrected chi connectivity index (χ4v) is 7.52. The zero-order valence-electron chi connectivity index (χ0n) is 29.9. The molecule has 262 valence electrons. The van der Waals surface area contributed by atoms with Crippen LogP contribution in [0.5, 0.6) is 0 Å². The van der Waals surface area contributed by atoms with Crippen molar-refractivity contribution in [2.45, 2.75) is 0 Å². The highest BCUT2D eigenvalue weighted by Gasteiger charge is 2.20. The van der Waals surface area contributed by atoms with E-state index in [-0.39, 0.29) is 0 Å². The normalized spacial score (nSPS) is 11.6. The lowest BCUT2D eigenvalue weighted by Gasteiger charge is -2.11. The third-order valence-electron chi connectivity index (χ3n) is 10.3. The van der Waals surface area contributed by atoms with Crippen molar-refractivity contribution < 1.29 is 8.83 Å². The van der Waals surface area contributed by atoms with Crippen molar-refractivity contribution in [1.82, 2.24) is 19.9 Å². The van der Waals surface area contributed by atoms with E-state index in [0.29, 0.717) is 28.9 Å². The van der Waals surface area contributed by atoms with Crippen molar-refractivity contribution in [3.63, 3.8) is 0 Å². The lowest BCUT2D eigenvalue weighted by Crippen LogP contribution is -2.00. The summed E-state index contributed by atoms with van der Waals surface area (Å²) in [5.74, 6) is 2.23. The zero-order valence-corrected chi connectivity index (χ0v) is 29.9. The summed E-state index contributed by atoms with van der Waals surface area (Å²) in [6.45, 7) is 0. The lowest BCUT2D eigenvalue weighted by atomic mass is 9.99. The van der Waals surface area contributed by atoms with Gasteiger partial charge in [0, 0.05) is 38.6 Å². The number of hydrogen-bond donors (Lipinski definition) is 0. The Morgan fingerprint density at radius 3 is 1.61 bits per heavy atom. The van der Waals surface area contributed by atoms with E-state index in [1.54, 1.807) is 0 Å². The van der Waals surface area contributed by atoms with Crippen LogP contribution in [0.25, 0.3) is 112 Å². The predicted octanol–water partition coefficient (Wildman–Crippen LogP) is 13.1. The zero-order chi connectivity index (χ0) is 37.0. The van der Waals surface area contributed by atoms with Gasteiger partial charge in [0.25, 0.3) is 0 Å². The maximum absolute atomic E-state index is 6.53. The van der Waals surface area contributed by atoms with Crippen LogP contribution >= 0.6 is 0 Å². The molecule has 6 nitrogen and oxygen atoms in total. The third-order valence-corrected chi connectivity index (χ3v) is 10.3. The maximum Gasteiger partial charge on any atom is 0.227 e. The van der Waals surface area contributed by atoms with Crippen molar-refractivity contribution in [1.29, 1.82) is 0 Å². The van der Waals surface area contributed by atoms with Crippen molar-refractivity contribution in [3.8, 4) is 67.9 Å². The van der Waals surface area contributed by atoms with Gasteiger partial charge in [0.2, 0.25) is 5.89 Å². The van der Waals surface area contributed by atoms with Gasteiger partial charge in [0.05, 0.1) is 0 Å². The summed E-state index contributed by atoms with van der Waals surface area (Å²) in [4.78, 5) is 20.3. The highest BCUT2D eigenvalue weighted by molar-refractivity contribution is 6.07. The SMILES string of the molecule is c1ccc(-c2ccc3cc(-c4nc(-c5ccccc5)nc(-c5cc(-c6ccc7c(c6)oc6ccccc67)c6nc(-c7ccccc7)oc6c5)n4)ccc3c2)cc1. The molecule has 0 aliphatic heterocycles. The van der Waals surface area contributed by atoms with Gasteiger partial charge in [0.15, 0.2) is 23.1 Å². The van der Waals surface area contributed by atoms with Gasteiger partial charge in [-0.25, -0.2) is 19.9 Å². The molecule has 3 heterocycles. The fraction of sp³-hybridized carbons (Fsp3) is 0. The summed E-state index contributed by atoms with van der Waals surface area (Å²) < 4.78 is 12.9. The molecule has 0 saturated carbocycles. The average molecular weight is 719 g/mol. The van der Waals surface area contributed by atoms with Gasteiger partial charge >= 0.3 is 0 Å². The molecule has 0 atom stereocenters. The molecule has 0 saturated heterocycles. The maximum atomic E-state index is 6.53. The van der Waals surface area contributed by atoms with Crippen molar-refractivity contribution in [3.05, 3.63) is 182 Å². The molecule has 0 bridgehead atoms. The second kappa shape index (κ2) is 13.0. The first-order valence-corrected chi connectivity index (χ1v) is 18.5. The molecule has 0 spiro atoms. The van der Waals surface area contributed by atoms with Gasteiger partial charge in [-0.15, -0.1) is 0 Å². The summed E-state index contributed by atoms with van der Waals surface area (Å²) in [5, 5.41) is 4.38. The van der Waals surface area contributed by atoms with Crippen molar-refractivity contribution in [2.75, 3.05) is 0 Å². The molecule has 6 heteroatoms. The molecule has 0 radical (unpaired) electrons. The quantitative estimate of drug-likeness (QED) is 0.170.